The van der Waals surface area contributed by atoms with Crippen molar-refractivity contribution in [2.45, 2.75) is 32.4 Å². The highest BCUT2D eigenvalue weighted by atomic mass is 32.2. The first-order chi connectivity index (χ1) is 8.63. The van der Waals surface area contributed by atoms with Gasteiger partial charge in [0.2, 0.25) is 5.91 Å². The molecule has 4 heteroatoms. The molecule has 0 saturated heterocycles. The summed E-state index contributed by atoms with van der Waals surface area (Å²) in [6, 6.07) is 9.55. The first-order valence-electron chi connectivity index (χ1n) is 6.31. The molecule has 1 aromatic carbocycles. The van der Waals surface area contributed by atoms with Crippen molar-refractivity contribution >= 4 is 17.7 Å². The van der Waals surface area contributed by atoms with E-state index in [1.165, 1.54) is 0 Å². The fraction of sp³-hybridized carbons (Fsp3) is 0.500. The second kappa shape index (κ2) is 8.16. The quantitative estimate of drug-likeness (QED) is 0.791. The summed E-state index contributed by atoms with van der Waals surface area (Å²) in [5, 5.41) is 2.95. The first-order valence-corrected chi connectivity index (χ1v) is 7.46. The molecule has 1 amide bonds. The lowest BCUT2D eigenvalue weighted by Crippen LogP contribution is -2.46. The zero-order chi connectivity index (χ0) is 13.4. The summed E-state index contributed by atoms with van der Waals surface area (Å²) < 4.78 is 0. The molecule has 2 unspecified atom stereocenters. The average molecular weight is 266 g/mol. The van der Waals surface area contributed by atoms with Crippen molar-refractivity contribution in [1.82, 2.24) is 5.32 Å². The van der Waals surface area contributed by atoms with Crippen LogP contribution in [0.5, 0.6) is 0 Å². The Balaban J connectivity index is 2.37. The van der Waals surface area contributed by atoms with Crippen LogP contribution in [-0.2, 0) is 11.2 Å². The minimum Gasteiger partial charge on any atom is -0.351 e. The number of nitrogens with one attached hydrogen (secondary N) is 1. The Morgan fingerprint density at radius 1 is 1.39 bits per heavy atom. The highest BCUT2D eigenvalue weighted by Crippen LogP contribution is 2.04. The van der Waals surface area contributed by atoms with Gasteiger partial charge in [0.05, 0.1) is 6.04 Å². The summed E-state index contributed by atoms with van der Waals surface area (Å²) in [6.45, 7) is 4.12. The largest absolute Gasteiger partial charge is 0.351 e. The molecule has 0 aliphatic carbocycles. The maximum absolute atomic E-state index is 11.9. The van der Waals surface area contributed by atoms with Gasteiger partial charge in [0.1, 0.15) is 0 Å². The van der Waals surface area contributed by atoms with Crippen LogP contribution in [0.3, 0.4) is 0 Å². The van der Waals surface area contributed by atoms with E-state index in [0.29, 0.717) is 6.42 Å². The monoisotopic (exact) mass is 266 g/mol. The standard InChI is InChI=1S/C14H22N2OS/c1-3-18-10-11(2)16-14(17)13(15)9-12-7-5-4-6-8-12/h4-8,11,13H,3,9-10,15H2,1-2H3,(H,16,17). The second-order valence-electron chi connectivity index (χ2n) is 4.37. The lowest BCUT2D eigenvalue weighted by Gasteiger charge is -2.17. The third kappa shape index (κ3) is 5.56. The van der Waals surface area contributed by atoms with Gasteiger partial charge in [-0.05, 0) is 24.7 Å². The summed E-state index contributed by atoms with van der Waals surface area (Å²) in [6.07, 6.45) is 0.584. The minimum atomic E-state index is -0.471. The summed E-state index contributed by atoms with van der Waals surface area (Å²) >= 11 is 1.82. The molecule has 0 aliphatic heterocycles. The highest BCUT2D eigenvalue weighted by Gasteiger charge is 2.15. The molecule has 0 saturated carbocycles. The smallest absolute Gasteiger partial charge is 0.237 e. The first kappa shape index (κ1) is 15.1. The van der Waals surface area contributed by atoms with Crippen LogP contribution in [0.15, 0.2) is 30.3 Å². The molecule has 0 fully saturated rings. The van der Waals surface area contributed by atoms with Crippen molar-refractivity contribution in [2.24, 2.45) is 5.73 Å². The number of carbonyl (C=O) groups is 1. The van der Waals surface area contributed by atoms with Crippen molar-refractivity contribution in [2.75, 3.05) is 11.5 Å². The Morgan fingerprint density at radius 2 is 2.06 bits per heavy atom. The molecular formula is C14H22N2OS. The van der Waals surface area contributed by atoms with Crippen LogP contribution in [0.4, 0.5) is 0 Å². The van der Waals surface area contributed by atoms with Crippen LogP contribution in [-0.4, -0.2) is 29.5 Å². The lowest BCUT2D eigenvalue weighted by molar-refractivity contribution is -0.122. The average Bonchev–Trinajstić information content (AvgIpc) is 2.37. The summed E-state index contributed by atoms with van der Waals surface area (Å²) in [5.74, 6) is 1.93. The predicted molar refractivity (Wildman–Crippen MR) is 78.7 cm³/mol. The topological polar surface area (TPSA) is 55.1 Å². The molecule has 0 aromatic heterocycles. The van der Waals surface area contributed by atoms with Crippen LogP contribution in [0.1, 0.15) is 19.4 Å². The maximum Gasteiger partial charge on any atom is 0.237 e. The Bertz CT molecular complexity index is 356. The molecule has 0 heterocycles. The van der Waals surface area contributed by atoms with Crippen molar-refractivity contribution in [3.05, 3.63) is 35.9 Å². The van der Waals surface area contributed by atoms with Gasteiger partial charge in [-0.2, -0.15) is 11.8 Å². The Morgan fingerprint density at radius 3 is 2.67 bits per heavy atom. The van der Waals surface area contributed by atoms with Crippen LogP contribution in [0.2, 0.25) is 0 Å². The number of thioether (sulfide) groups is 1. The number of amides is 1. The van der Waals surface area contributed by atoms with Gasteiger partial charge in [0.25, 0.3) is 0 Å². The molecule has 0 spiro atoms. The summed E-state index contributed by atoms with van der Waals surface area (Å²) in [7, 11) is 0. The van der Waals surface area contributed by atoms with Gasteiger partial charge >= 0.3 is 0 Å². The van der Waals surface area contributed by atoms with Crippen LogP contribution in [0, 0.1) is 0 Å². The van der Waals surface area contributed by atoms with Crippen LogP contribution >= 0.6 is 11.8 Å². The maximum atomic E-state index is 11.9. The van der Waals surface area contributed by atoms with E-state index in [0.717, 1.165) is 17.1 Å². The van der Waals surface area contributed by atoms with Gasteiger partial charge in [0, 0.05) is 11.8 Å². The number of hydrogen-bond donors (Lipinski definition) is 2. The van der Waals surface area contributed by atoms with E-state index in [2.05, 4.69) is 12.2 Å². The van der Waals surface area contributed by atoms with Gasteiger partial charge in [-0.3, -0.25) is 4.79 Å². The van der Waals surface area contributed by atoms with Crippen molar-refractivity contribution in [3.8, 4) is 0 Å². The summed E-state index contributed by atoms with van der Waals surface area (Å²) in [4.78, 5) is 11.9. The number of nitrogens with two attached hydrogens (primary N) is 1. The van der Waals surface area contributed by atoms with Crippen molar-refractivity contribution < 1.29 is 4.79 Å². The molecule has 0 aliphatic rings. The Labute approximate surface area is 114 Å². The normalized spacial score (nSPS) is 13.9. The van der Waals surface area contributed by atoms with Gasteiger partial charge in [-0.15, -0.1) is 0 Å². The van der Waals surface area contributed by atoms with Crippen molar-refractivity contribution in [1.29, 1.82) is 0 Å². The zero-order valence-corrected chi connectivity index (χ0v) is 11.9. The fourth-order valence-electron chi connectivity index (χ4n) is 1.65. The third-order valence-electron chi connectivity index (χ3n) is 2.60. The minimum absolute atomic E-state index is 0.0666. The summed E-state index contributed by atoms with van der Waals surface area (Å²) in [5.41, 5.74) is 7.00. The molecule has 2 atom stereocenters. The molecule has 100 valence electrons. The Kier molecular flexibility index (Phi) is 6.83. The predicted octanol–water partition coefficient (Wildman–Crippen LogP) is 1.81. The van der Waals surface area contributed by atoms with Gasteiger partial charge < -0.3 is 11.1 Å². The SMILES string of the molecule is CCSCC(C)NC(=O)C(N)Cc1ccccc1. The molecule has 3 N–H and O–H groups in total. The van der Waals surface area contributed by atoms with E-state index in [1.807, 2.05) is 49.0 Å². The molecule has 0 bridgehead atoms. The number of rotatable bonds is 7. The van der Waals surface area contributed by atoms with Crippen LogP contribution in [0.25, 0.3) is 0 Å². The van der Waals surface area contributed by atoms with E-state index in [-0.39, 0.29) is 11.9 Å². The van der Waals surface area contributed by atoms with Crippen molar-refractivity contribution in [3.63, 3.8) is 0 Å². The zero-order valence-electron chi connectivity index (χ0n) is 11.1. The van der Waals surface area contributed by atoms with E-state index in [9.17, 15) is 4.79 Å². The lowest BCUT2D eigenvalue weighted by atomic mass is 10.1. The third-order valence-corrected chi connectivity index (χ3v) is 3.74. The highest BCUT2D eigenvalue weighted by molar-refractivity contribution is 7.99. The van der Waals surface area contributed by atoms with Gasteiger partial charge in [0.15, 0.2) is 0 Å². The number of benzene rings is 1. The van der Waals surface area contributed by atoms with E-state index in [4.69, 9.17) is 5.73 Å². The second-order valence-corrected chi connectivity index (χ2v) is 5.68. The van der Waals surface area contributed by atoms with E-state index in [1.54, 1.807) is 0 Å². The molecule has 18 heavy (non-hydrogen) atoms. The van der Waals surface area contributed by atoms with Gasteiger partial charge in [-0.25, -0.2) is 0 Å². The molecular weight excluding hydrogens is 244 g/mol. The fourth-order valence-corrected chi connectivity index (χ4v) is 2.32. The number of carbonyl (C=O) groups excluding carboxylic acids is 1. The van der Waals surface area contributed by atoms with Crippen LogP contribution < -0.4 is 11.1 Å². The van der Waals surface area contributed by atoms with E-state index < -0.39 is 6.04 Å². The molecule has 1 rings (SSSR count). The van der Waals surface area contributed by atoms with E-state index >= 15 is 0 Å². The van der Waals surface area contributed by atoms with Gasteiger partial charge in [-0.1, -0.05) is 37.3 Å². The molecule has 3 nitrogen and oxygen atoms in total. The number of hydrogen-bond acceptors (Lipinski definition) is 3. The Hall–Kier alpha value is -1.00. The molecule has 0 radical (unpaired) electrons. The molecule has 1 aromatic rings.